The normalized spacial score (nSPS) is 11.1. The monoisotopic (exact) mass is 312 g/mol. The van der Waals surface area contributed by atoms with E-state index in [1.165, 1.54) is 32.1 Å². The molecule has 3 nitrogen and oxygen atoms in total. The first-order chi connectivity index (χ1) is 11.2. The van der Waals surface area contributed by atoms with Crippen molar-refractivity contribution in [3.8, 4) is 0 Å². The maximum absolute atomic E-state index is 11.6. The number of nitrogens with zero attached hydrogens (tertiary/aromatic N) is 2. The molecule has 124 valence electrons. The number of hydrogen-bond acceptors (Lipinski definition) is 3. The van der Waals surface area contributed by atoms with Crippen LogP contribution in [-0.2, 0) is 12.8 Å². The van der Waals surface area contributed by atoms with Gasteiger partial charge in [0, 0.05) is 5.56 Å². The number of benzene rings is 1. The summed E-state index contributed by atoms with van der Waals surface area (Å²) in [7, 11) is 0. The molecule has 0 aliphatic carbocycles. The van der Waals surface area contributed by atoms with Gasteiger partial charge in [0.2, 0.25) is 0 Å². The molecule has 0 bridgehead atoms. The van der Waals surface area contributed by atoms with Crippen molar-refractivity contribution in [1.29, 1.82) is 0 Å². The highest BCUT2D eigenvalue weighted by molar-refractivity contribution is 5.97. The highest BCUT2D eigenvalue weighted by Crippen LogP contribution is 2.19. The summed E-state index contributed by atoms with van der Waals surface area (Å²) in [6.07, 6.45) is 9.20. The van der Waals surface area contributed by atoms with E-state index in [1.54, 1.807) is 6.92 Å². The number of Topliss-reactive ketones (excluding diaryl/α,β-unsaturated/α-hetero) is 1. The summed E-state index contributed by atoms with van der Waals surface area (Å²) in [5.74, 6) is 0.0771. The standard InChI is InChI=1S/C20H28N2O/c1-4-6-8-10-17-18(11-9-7-5-2)22-20-14-16(15(3)23)12-13-19(20)21-17/h12-14H,4-11H2,1-3H3. The number of fused-ring (bicyclic) bond motifs is 1. The van der Waals surface area contributed by atoms with Crippen LogP contribution in [-0.4, -0.2) is 15.8 Å². The van der Waals surface area contributed by atoms with E-state index in [0.717, 1.165) is 41.7 Å². The van der Waals surface area contributed by atoms with Gasteiger partial charge in [-0.3, -0.25) is 4.79 Å². The zero-order valence-corrected chi connectivity index (χ0v) is 14.7. The van der Waals surface area contributed by atoms with Crippen molar-refractivity contribution in [2.24, 2.45) is 0 Å². The Kier molecular flexibility index (Phi) is 6.69. The van der Waals surface area contributed by atoms with Crippen LogP contribution in [0, 0.1) is 0 Å². The second kappa shape index (κ2) is 8.76. The van der Waals surface area contributed by atoms with E-state index in [2.05, 4.69) is 13.8 Å². The number of carbonyl (C=O) groups excluding carboxylic acids is 1. The van der Waals surface area contributed by atoms with Gasteiger partial charge in [-0.1, -0.05) is 39.5 Å². The minimum Gasteiger partial charge on any atom is -0.295 e. The van der Waals surface area contributed by atoms with Crippen molar-refractivity contribution < 1.29 is 4.79 Å². The smallest absolute Gasteiger partial charge is 0.159 e. The lowest BCUT2D eigenvalue weighted by Crippen LogP contribution is -2.04. The van der Waals surface area contributed by atoms with Crippen LogP contribution in [0.2, 0.25) is 0 Å². The fourth-order valence-electron chi connectivity index (χ4n) is 2.83. The van der Waals surface area contributed by atoms with Crippen molar-refractivity contribution in [3.63, 3.8) is 0 Å². The van der Waals surface area contributed by atoms with Gasteiger partial charge in [0.25, 0.3) is 0 Å². The number of rotatable bonds is 9. The number of unbranched alkanes of at least 4 members (excludes halogenated alkanes) is 4. The Balaban J connectivity index is 2.33. The predicted molar refractivity (Wildman–Crippen MR) is 96.0 cm³/mol. The summed E-state index contributed by atoms with van der Waals surface area (Å²) in [4.78, 5) is 21.3. The van der Waals surface area contributed by atoms with Crippen molar-refractivity contribution in [2.75, 3.05) is 0 Å². The van der Waals surface area contributed by atoms with Gasteiger partial charge in [-0.2, -0.15) is 0 Å². The summed E-state index contributed by atoms with van der Waals surface area (Å²) in [5, 5.41) is 0. The average Bonchev–Trinajstić information content (AvgIpc) is 2.55. The topological polar surface area (TPSA) is 42.9 Å². The van der Waals surface area contributed by atoms with Gasteiger partial charge >= 0.3 is 0 Å². The second-order valence-electron chi connectivity index (χ2n) is 6.29. The Bertz CT molecular complexity index is 664. The van der Waals surface area contributed by atoms with Crippen LogP contribution in [0.15, 0.2) is 18.2 Å². The Labute approximate surface area is 139 Å². The molecule has 0 aliphatic rings. The lowest BCUT2D eigenvalue weighted by Gasteiger charge is -2.10. The molecule has 1 aromatic heterocycles. The molecule has 2 rings (SSSR count). The Morgan fingerprint density at radius 3 is 1.96 bits per heavy atom. The van der Waals surface area contributed by atoms with E-state index in [9.17, 15) is 4.79 Å². The first-order valence-corrected chi connectivity index (χ1v) is 8.96. The molecular weight excluding hydrogens is 284 g/mol. The van der Waals surface area contributed by atoms with Gasteiger partial charge in [-0.05, 0) is 50.8 Å². The first kappa shape index (κ1) is 17.6. The molecule has 0 aliphatic heterocycles. The van der Waals surface area contributed by atoms with Gasteiger partial charge in [-0.15, -0.1) is 0 Å². The molecule has 23 heavy (non-hydrogen) atoms. The lowest BCUT2D eigenvalue weighted by atomic mass is 10.0. The second-order valence-corrected chi connectivity index (χ2v) is 6.29. The van der Waals surface area contributed by atoms with Crippen LogP contribution in [0.1, 0.15) is 81.0 Å². The van der Waals surface area contributed by atoms with Crippen molar-refractivity contribution >= 4 is 16.8 Å². The van der Waals surface area contributed by atoms with Gasteiger partial charge < -0.3 is 0 Å². The van der Waals surface area contributed by atoms with Gasteiger partial charge in [0.15, 0.2) is 5.78 Å². The summed E-state index contributed by atoms with van der Waals surface area (Å²) >= 11 is 0. The SMILES string of the molecule is CCCCCc1nc2ccc(C(C)=O)cc2nc1CCCCC. The molecule has 1 aromatic carbocycles. The van der Waals surface area contributed by atoms with Crippen LogP contribution in [0.25, 0.3) is 11.0 Å². The fraction of sp³-hybridized carbons (Fsp3) is 0.550. The van der Waals surface area contributed by atoms with Crippen molar-refractivity contribution in [1.82, 2.24) is 9.97 Å². The highest BCUT2D eigenvalue weighted by atomic mass is 16.1. The van der Waals surface area contributed by atoms with E-state index in [1.807, 2.05) is 18.2 Å². The van der Waals surface area contributed by atoms with Crippen molar-refractivity contribution in [2.45, 2.75) is 72.1 Å². The fourth-order valence-corrected chi connectivity index (χ4v) is 2.83. The number of ketones is 1. The van der Waals surface area contributed by atoms with Gasteiger partial charge in [0.1, 0.15) is 0 Å². The molecule has 0 atom stereocenters. The molecule has 0 unspecified atom stereocenters. The molecule has 0 saturated heterocycles. The van der Waals surface area contributed by atoms with Gasteiger partial charge in [0.05, 0.1) is 22.4 Å². The Hall–Kier alpha value is -1.77. The molecular formula is C20H28N2O. The van der Waals surface area contributed by atoms with Crippen LogP contribution < -0.4 is 0 Å². The quantitative estimate of drug-likeness (QED) is 0.466. The number of aryl methyl sites for hydroxylation is 2. The summed E-state index contributed by atoms with van der Waals surface area (Å²) < 4.78 is 0. The van der Waals surface area contributed by atoms with E-state index < -0.39 is 0 Å². The molecule has 0 fully saturated rings. The van der Waals surface area contributed by atoms with Crippen LogP contribution >= 0.6 is 0 Å². The third-order valence-corrected chi connectivity index (χ3v) is 4.26. The van der Waals surface area contributed by atoms with Crippen molar-refractivity contribution in [3.05, 3.63) is 35.2 Å². The number of hydrogen-bond donors (Lipinski definition) is 0. The van der Waals surface area contributed by atoms with E-state index in [0.29, 0.717) is 5.56 Å². The maximum atomic E-state index is 11.6. The third-order valence-electron chi connectivity index (χ3n) is 4.26. The number of carbonyl (C=O) groups is 1. The van der Waals surface area contributed by atoms with Crippen LogP contribution in [0.4, 0.5) is 0 Å². The molecule has 1 heterocycles. The molecule has 3 heteroatoms. The first-order valence-electron chi connectivity index (χ1n) is 8.96. The lowest BCUT2D eigenvalue weighted by molar-refractivity contribution is 0.101. The molecule has 2 aromatic rings. The Morgan fingerprint density at radius 2 is 1.43 bits per heavy atom. The molecule has 0 radical (unpaired) electrons. The number of aromatic nitrogens is 2. The third kappa shape index (κ3) is 4.85. The summed E-state index contributed by atoms with van der Waals surface area (Å²) in [6, 6.07) is 5.66. The largest absolute Gasteiger partial charge is 0.295 e. The van der Waals surface area contributed by atoms with Gasteiger partial charge in [-0.25, -0.2) is 9.97 Å². The average molecular weight is 312 g/mol. The minimum absolute atomic E-state index is 0.0771. The summed E-state index contributed by atoms with van der Waals surface area (Å²) in [5.41, 5.74) is 4.75. The molecule has 0 N–H and O–H groups in total. The molecule has 0 amide bonds. The van der Waals surface area contributed by atoms with E-state index in [-0.39, 0.29) is 5.78 Å². The zero-order valence-electron chi connectivity index (χ0n) is 14.7. The molecule has 0 spiro atoms. The zero-order chi connectivity index (χ0) is 16.7. The van der Waals surface area contributed by atoms with Crippen LogP contribution in [0.5, 0.6) is 0 Å². The maximum Gasteiger partial charge on any atom is 0.159 e. The van der Waals surface area contributed by atoms with E-state index in [4.69, 9.17) is 9.97 Å². The van der Waals surface area contributed by atoms with Crippen LogP contribution in [0.3, 0.4) is 0 Å². The summed E-state index contributed by atoms with van der Waals surface area (Å²) in [6.45, 7) is 6.03. The molecule has 0 saturated carbocycles. The predicted octanol–water partition coefficient (Wildman–Crippen LogP) is 5.30. The minimum atomic E-state index is 0.0771. The highest BCUT2D eigenvalue weighted by Gasteiger charge is 2.10. The van der Waals surface area contributed by atoms with E-state index >= 15 is 0 Å². The Morgan fingerprint density at radius 1 is 0.870 bits per heavy atom.